The Hall–Kier alpha value is -0.294. The van der Waals surface area contributed by atoms with Crippen LogP contribution in [0.5, 0.6) is 0 Å². The first-order valence-corrected chi connectivity index (χ1v) is 2.75. The molecule has 0 aromatic heterocycles. The normalized spacial score (nSPS) is 16.8. The molecule has 1 fully saturated rings. The quantitative estimate of drug-likeness (QED) is 0.506. The van der Waals surface area contributed by atoms with Crippen molar-refractivity contribution in [3.63, 3.8) is 0 Å². The van der Waals surface area contributed by atoms with E-state index in [0.717, 1.165) is 4.90 Å². The summed E-state index contributed by atoms with van der Waals surface area (Å²) in [6, 6.07) is 0. The maximum atomic E-state index is 10.6. The zero-order valence-corrected chi connectivity index (χ0v) is 6.95. The van der Waals surface area contributed by atoms with Gasteiger partial charge in [0.2, 0.25) is 5.91 Å². The third-order valence-corrected chi connectivity index (χ3v) is 1.30. The first-order valence-electron chi connectivity index (χ1n) is 2.75. The molecule has 0 radical (unpaired) electrons. The number of hydrogen-bond donors (Lipinski definition) is 1. The number of carboxylic acid groups (broad SMARTS) is 1. The molecule has 1 aliphatic heterocycles. The van der Waals surface area contributed by atoms with Gasteiger partial charge in [-0.15, -0.1) is 0 Å². The van der Waals surface area contributed by atoms with Crippen LogP contribution >= 0.6 is 0 Å². The number of imide groups is 1. The van der Waals surface area contributed by atoms with Crippen LogP contribution in [-0.2, 0) is 4.79 Å². The molecular formula is C5H9MgNO3. The van der Waals surface area contributed by atoms with Crippen LogP contribution in [0.4, 0.5) is 4.79 Å². The van der Waals surface area contributed by atoms with Crippen molar-refractivity contribution in [2.24, 2.45) is 0 Å². The monoisotopic (exact) mass is 155 g/mol. The number of amides is 2. The van der Waals surface area contributed by atoms with Crippen LogP contribution in [0, 0.1) is 0 Å². The van der Waals surface area contributed by atoms with Gasteiger partial charge in [0.1, 0.15) is 0 Å². The number of likely N-dealkylation sites (tertiary alicyclic amines) is 1. The predicted octanol–water partition coefficient (Wildman–Crippen LogP) is 0.131. The number of carbonyl (C=O) groups excluding carboxylic acids is 1. The molecule has 1 aliphatic rings. The number of hydrogen-bond acceptors (Lipinski definition) is 2. The molecule has 5 heteroatoms. The summed E-state index contributed by atoms with van der Waals surface area (Å²) in [6.07, 6.45) is -0.0743. The van der Waals surface area contributed by atoms with E-state index in [1.54, 1.807) is 0 Å². The van der Waals surface area contributed by atoms with Crippen LogP contribution in [-0.4, -0.2) is 51.6 Å². The molecule has 1 saturated heterocycles. The molecule has 0 bridgehead atoms. The Labute approximate surface area is 77.3 Å². The second kappa shape index (κ2) is 3.77. The van der Waals surface area contributed by atoms with Gasteiger partial charge in [-0.3, -0.25) is 4.79 Å². The SMILES string of the molecule is O=C(O)N1CCCC1=O.[H-].[H-].[Mg+2]. The summed E-state index contributed by atoms with van der Waals surface area (Å²) >= 11 is 0. The van der Waals surface area contributed by atoms with E-state index in [2.05, 4.69) is 0 Å². The Kier molecular flexibility index (Phi) is 3.66. The molecule has 0 spiro atoms. The van der Waals surface area contributed by atoms with Gasteiger partial charge in [-0.2, -0.15) is 0 Å². The molecule has 1 heterocycles. The van der Waals surface area contributed by atoms with E-state index >= 15 is 0 Å². The smallest absolute Gasteiger partial charge is 1.00 e. The Morgan fingerprint density at radius 2 is 2.30 bits per heavy atom. The van der Waals surface area contributed by atoms with Crippen LogP contribution in [0.1, 0.15) is 15.7 Å². The van der Waals surface area contributed by atoms with Crippen molar-refractivity contribution in [2.45, 2.75) is 12.8 Å². The molecule has 0 aromatic carbocycles. The van der Waals surface area contributed by atoms with Crippen molar-refractivity contribution in [1.82, 2.24) is 4.90 Å². The van der Waals surface area contributed by atoms with E-state index in [9.17, 15) is 9.59 Å². The zero-order valence-electron chi connectivity index (χ0n) is 7.54. The first-order chi connectivity index (χ1) is 4.22. The van der Waals surface area contributed by atoms with Gasteiger partial charge in [-0.1, -0.05) is 0 Å². The topological polar surface area (TPSA) is 57.6 Å². The maximum absolute atomic E-state index is 10.6. The Balaban J connectivity index is -0.000000270. The summed E-state index contributed by atoms with van der Waals surface area (Å²) in [7, 11) is 0. The Morgan fingerprint density at radius 1 is 1.70 bits per heavy atom. The van der Waals surface area contributed by atoms with E-state index in [0.29, 0.717) is 19.4 Å². The van der Waals surface area contributed by atoms with Gasteiger partial charge < -0.3 is 7.96 Å². The second-order valence-corrected chi connectivity index (χ2v) is 1.93. The van der Waals surface area contributed by atoms with Crippen LogP contribution in [0.3, 0.4) is 0 Å². The molecule has 0 aromatic rings. The van der Waals surface area contributed by atoms with Crippen molar-refractivity contribution in [3.05, 3.63) is 0 Å². The molecule has 54 valence electrons. The van der Waals surface area contributed by atoms with Crippen LogP contribution < -0.4 is 0 Å². The molecule has 0 aliphatic carbocycles. The van der Waals surface area contributed by atoms with Crippen LogP contribution in [0.25, 0.3) is 0 Å². The standard InChI is InChI=1S/C5H7NO3.Mg.2H/c7-4-2-1-3-6(4)5(8)9;;;/h1-3H2,(H,8,9);;;/q;+2;2*-1. The van der Waals surface area contributed by atoms with Crippen molar-refractivity contribution in [2.75, 3.05) is 6.54 Å². The van der Waals surface area contributed by atoms with Gasteiger partial charge in [0, 0.05) is 13.0 Å². The minimum atomic E-state index is -1.13. The molecule has 4 nitrogen and oxygen atoms in total. The number of nitrogens with zero attached hydrogens (tertiary/aromatic N) is 1. The minimum Gasteiger partial charge on any atom is -1.00 e. The second-order valence-electron chi connectivity index (χ2n) is 1.93. The van der Waals surface area contributed by atoms with E-state index < -0.39 is 6.09 Å². The molecule has 0 saturated carbocycles. The average Bonchev–Trinajstić information content (AvgIpc) is 2.13. The fraction of sp³-hybridized carbons (Fsp3) is 0.600. The molecule has 0 unspecified atom stereocenters. The van der Waals surface area contributed by atoms with Gasteiger partial charge >= 0.3 is 29.1 Å². The zero-order chi connectivity index (χ0) is 6.85. The summed E-state index contributed by atoms with van der Waals surface area (Å²) in [5.74, 6) is -0.275. The minimum absolute atomic E-state index is 0. The van der Waals surface area contributed by atoms with Crippen molar-refractivity contribution < 1.29 is 17.5 Å². The summed E-state index contributed by atoms with van der Waals surface area (Å²) in [5, 5.41) is 8.29. The fourth-order valence-corrected chi connectivity index (χ4v) is 0.850. The third kappa shape index (κ3) is 1.84. The molecule has 1 rings (SSSR count). The molecule has 0 atom stereocenters. The van der Waals surface area contributed by atoms with E-state index in [4.69, 9.17) is 5.11 Å². The van der Waals surface area contributed by atoms with Crippen LogP contribution in [0.2, 0.25) is 0 Å². The van der Waals surface area contributed by atoms with Gasteiger partial charge in [0.15, 0.2) is 0 Å². The van der Waals surface area contributed by atoms with Crippen molar-refractivity contribution >= 4 is 35.1 Å². The summed E-state index contributed by atoms with van der Waals surface area (Å²) < 4.78 is 0. The van der Waals surface area contributed by atoms with Gasteiger partial charge in [-0.05, 0) is 6.42 Å². The molecular weight excluding hydrogens is 146 g/mol. The number of carbonyl (C=O) groups is 2. The maximum Gasteiger partial charge on any atom is 2.00 e. The third-order valence-electron chi connectivity index (χ3n) is 1.30. The van der Waals surface area contributed by atoms with Crippen molar-refractivity contribution in [1.29, 1.82) is 0 Å². The Bertz CT molecular complexity index is 167. The fourth-order valence-electron chi connectivity index (χ4n) is 0.850. The van der Waals surface area contributed by atoms with Gasteiger partial charge in [0.05, 0.1) is 0 Å². The van der Waals surface area contributed by atoms with Crippen LogP contribution in [0.15, 0.2) is 0 Å². The van der Waals surface area contributed by atoms with E-state index in [1.807, 2.05) is 0 Å². The first kappa shape index (κ1) is 9.71. The Morgan fingerprint density at radius 3 is 2.50 bits per heavy atom. The predicted molar refractivity (Wildman–Crippen MR) is 36.9 cm³/mol. The number of rotatable bonds is 0. The summed E-state index contributed by atoms with van der Waals surface area (Å²) in [5.41, 5.74) is 0. The van der Waals surface area contributed by atoms with Gasteiger partial charge in [0.25, 0.3) is 0 Å². The van der Waals surface area contributed by atoms with Gasteiger partial charge in [-0.25, -0.2) is 9.69 Å². The summed E-state index contributed by atoms with van der Waals surface area (Å²) in [4.78, 5) is 21.5. The summed E-state index contributed by atoms with van der Waals surface area (Å²) in [6.45, 7) is 0.369. The van der Waals surface area contributed by atoms with Crippen molar-refractivity contribution in [3.8, 4) is 0 Å². The van der Waals surface area contributed by atoms with E-state index in [-0.39, 0.29) is 31.8 Å². The molecule has 2 amide bonds. The largest absolute Gasteiger partial charge is 2.00 e. The van der Waals surface area contributed by atoms with E-state index in [1.165, 1.54) is 0 Å². The average molecular weight is 155 g/mol. The molecule has 10 heavy (non-hydrogen) atoms. The molecule has 1 N–H and O–H groups in total.